The summed E-state index contributed by atoms with van der Waals surface area (Å²) in [6.07, 6.45) is 3.28. The molecule has 0 aliphatic rings. The highest BCUT2D eigenvalue weighted by Crippen LogP contribution is 2.40. The van der Waals surface area contributed by atoms with E-state index in [2.05, 4.69) is 11.8 Å². The third-order valence-electron chi connectivity index (χ3n) is 4.66. The monoisotopic (exact) mass is 456 g/mol. The largest absolute Gasteiger partial charge is 0.488 e. The van der Waals surface area contributed by atoms with Gasteiger partial charge in [0.05, 0.1) is 12.3 Å². The summed E-state index contributed by atoms with van der Waals surface area (Å²) in [7, 11) is 0. The van der Waals surface area contributed by atoms with E-state index in [1.807, 2.05) is 87.0 Å². The lowest BCUT2D eigenvalue weighted by Gasteiger charge is -2.13. The Labute approximate surface area is 194 Å². The molecule has 164 valence electrons. The highest BCUT2D eigenvalue weighted by molar-refractivity contribution is 7.11. The fourth-order valence-corrected chi connectivity index (χ4v) is 4.00. The van der Waals surface area contributed by atoms with Gasteiger partial charge in [0, 0.05) is 26.6 Å². The average Bonchev–Trinajstić information content (AvgIpc) is 3.28. The molecule has 5 heteroatoms. The molecular weight excluding hydrogens is 426 g/mol. The fraction of sp³-hybridized carbons (Fsp3) is 0.231. The first-order valence-electron chi connectivity index (χ1n) is 10.4. The summed E-state index contributed by atoms with van der Waals surface area (Å²) < 4.78 is 6.15. The van der Waals surface area contributed by atoms with Crippen LogP contribution in [-0.2, 0) is 6.61 Å². The first kappa shape index (κ1) is 24.9. The van der Waals surface area contributed by atoms with Gasteiger partial charge in [-0.2, -0.15) is 0 Å². The Morgan fingerprint density at radius 1 is 1.13 bits per heavy atom. The molecule has 0 spiro atoms. The number of halogens is 1. The average molecular weight is 457 g/mol. The Balaban J connectivity index is 0.00000166. The van der Waals surface area contributed by atoms with Crippen LogP contribution >= 0.6 is 22.9 Å². The van der Waals surface area contributed by atoms with Crippen molar-refractivity contribution in [2.75, 3.05) is 0 Å². The maximum Gasteiger partial charge on any atom is 0.127 e. The number of rotatable bonds is 7. The molecule has 2 aromatic carbocycles. The van der Waals surface area contributed by atoms with Crippen LogP contribution < -0.4 is 10.5 Å². The molecule has 0 fully saturated rings. The van der Waals surface area contributed by atoms with E-state index in [4.69, 9.17) is 16.3 Å². The molecular formula is C26H31ClNO2S+. The summed E-state index contributed by atoms with van der Waals surface area (Å²) in [4.78, 5) is 1.06. The maximum atomic E-state index is 9.86. The Kier molecular flexibility index (Phi) is 10.0. The molecule has 0 saturated heterocycles. The van der Waals surface area contributed by atoms with E-state index < -0.39 is 6.10 Å². The lowest BCUT2D eigenvalue weighted by atomic mass is 10.0. The predicted molar refractivity (Wildman–Crippen MR) is 133 cm³/mol. The molecule has 1 atom stereocenters. The molecule has 1 heterocycles. The zero-order chi connectivity index (χ0) is 22.8. The molecule has 0 bridgehead atoms. The number of benzene rings is 2. The Bertz CT molecular complexity index is 1020. The van der Waals surface area contributed by atoms with Crippen molar-refractivity contribution in [3.05, 3.63) is 93.3 Å². The molecule has 31 heavy (non-hydrogen) atoms. The van der Waals surface area contributed by atoms with Crippen LogP contribution in [0.2, 0.25) is 5.02 Å². The number of hydrogen-bond donors (Lipinski definition) is 2. The number of aliphatic hydroxyl groups is 1. The fourth-order valence-electron chi connectivity index (χ4n) is 2.90. The standard InChI is InChI=1S/C24H24ClNO2S.C2H6/c1-16(17(2)27)12-19(14-26)24-21(10-11-29-24)22-13-20(25)8-9-23(22)28-15-18-6-4-3-5-7-18;1-2/h3-14,17,27H,15,26H2,1-2H3;1-2H3/p+1/b16-12+,19-14+;. The van der Waals surface area contributed by atoms with Gasteiger partial charge in [0.25, 0.3) is 0 Å². The SMILES string of the molecule is C/C(=C\C(=C/[NH3+])c1sccc1-c1cc(Cl)ccc1OCc1ccccc1)C(C)O.CC. The van der Waals surface area contributed by atoms with E-state index in [0.717, 1.165) is 38.5 Å². The minimum Gasteiger partial charge on any atom is -0.488 e. The zero-order valence-corrected chi connectivity index (χ0v) is 20.1. The number of hydrogen-bond acceptors (Lipinski definition) is 3. The van der Waals surface area contributed by atoms with Crippen LogP contribution in [0.3, 0.4) is 0 Å². The van der Waals surface area contributed by atoms with Gasteiger partial charge in [-0.05, 0) is 60.7 Å². The second-order valence-electron chi connectivity index (χ2n) is 6.80. The van der Waals surface area contributed by atoms with E-state index in [-0.39, 0.29) is 0 Å². The number of allylic oxidation sites excluding steroid dienone is 2. The second-order valence-corrected chi connectivity index (χ2v) is 8.15. The number of ether oxygens (including phenoxy) is 1. The number of aliphatic hydroxyl groups excluding tert-OH is 1. The van der Waals surface area contributed by atoms with Crippen LogP contribution in [-0.4, -0.2) is 11.2 Å². The van der Waals surface area contributed by atoms with Crippen LogP contribution in [0, 0.1) is 0 Å². The Morgan fingerprint density at radius 3 is 2.48 bits per heavy atom. The summed E-state index contributed by atoms with van der Waals surface area (Å²) in [5.74, 6) is 0.776. The normalized spacial score (nSPS) is 12.7. The van der Waals surface area contributed by atoms with Gasteiger partial charge in [0.1, 0.15) is 12.4 Å². The zero-order valence-electron chi connectivity index (χ0n) is 18.6. The number of thiophene rings is 1. The lowest BCUT2D eigenvalue weighted by molar-refractivity contribution is -0.273. The molecule has 3 nitrogen and oxygen atoms in total. The number of quaternary nitrogens is 1. The molecule has 3 rings (SSSR count). The van der Waals surface area contributed by atoms with Crippen molar-refractivity contribution in [2.45, 2.75) is 40.4 Å². The van der Waals surface area contributed by atoms with Crippen molar-refractivity contribution in [3.8, 4) is 16.9 Å². The Hall–Kier alpha value is -2.37. The first-order chi connectivity index (χ1) is 15.0. The van der Waals surface area contributed by atoms with E-state index in [1.54, 1.807) is 18.3 Å². The molecule has 0 radical (unpaired) electrons. The highest BCUT2D eigenvalue weighted by atomic mass is 35.5. The molecule has 3 aromatic rings. The summed E-state index contributed by atoms with van der Waals surface area (Å²) in [5.41, 5.74) is 8.88. The van der Waals surface area contributed by atoms with Gasteiger partial charge in [0.15, 0.2) is 0 Å². The summed E-state index contributed by atoms with van der Waals surface area (Å²) in [6, 6.07) is 17.8. The maximum absolute atomic E-state index is 9.86. The topological polar surface area (TPSA) is 57.1 Å². The third kappa shape index (κ3) is 6.81. The van der Waals surface area contributed by atoms with Crippen molar-refractivity contribution in [1.29, 1.82) is 0 Å². The smallest absolute Gasteiger partial charge is 0.127 e. The van der Waals surface area contributed by atoms with Crippen molar-refractivity contribution in [3.63, 3.8) is 0 Å². The van der Waals surface area contributed by atoms with Crippen molar-refractivity contribution in [2.24, 2.45) is 0 Å². The quantitative estimate of drug-likeness (QED) is 0.394. The Morgan fingerprint density at radius 2 is 1.84 bits per heavy atom. The van der Waals surface area contributed by atoms with Crippen LogP contribution in [0.15, 0.2) is 77.8 Å². The summed E-state index contributed by atoms with van der Waals surface area (Å²) in [6.45, 7) is 8.15. The highest BCUT2D eigenvalue weighted by Gasteiger charge is 2.16. The molecule has 4 N–H and O–H groups in total. The van der Waals surface area contributed by atoms with Crippen LogP contribution in [0.1, 0.15) is 38.1 Å². The molecule has 1 aromatic heterocycles. The van der Waals surface area contributed by atoms with Gasteiger partial charge in [-0.25, -0.2) is 0 Å². The van der Waals surface area contributed by atoms with E-state index in [0.29, 0.717) is 11.6 Å². The van der Waals surface area contributed by atoms with Gasteiger partial charge in [-0.1, -0.05) is 55.8 Å². The van der Waals surface area contributed by atoms with Gasteiger partial charge in [-0.3, -0.25) is 0 Å². The molecule has 0 amide bonds. The van der Waals surface area contributed by atoms with Crippen molar-refractivity contribution >= 4 is 28.5 Å². The van der Waals surface area contributed by atoms with E-state index in [9.17, 15) is 5.11 Å². The van der Waals surface area contributed by atoms with Crippen molar-refractivity contribution < 1.29 is 15.6 Å². The minimum atomic E-state index is -0.510. The summed E-state index contributed by atoms with van der Waals surface area (Å²) >= 11 is 7.95. The summed E-state index contributed by atoms with van der Waals surface area (Å²) in [5, 5.41) is 12.6. The van der Waals surface area contributed by atoms with E-state index >= 15 is 0 Å². The van der Waals surface area contributed by atoms with Crippen LogP contribution in [0.25, 0.3) is 16.7 Å². The minimum absolute atomic E-state index is 0.480. The van der Waals surface area contributed by atoms with Gasteiger partial charge in [0.2, 0.25) is 0 Å². The first-order valence-corrected chi connectivity index (χ1v) is 11.7. The van der Waals surface area contributed by atoms with Gasteiger partial charge in [-0.15, -0.1) is 11.3 Å². The molecule has 1 unspecified atom stereocenters. The predicted octanol–water partition coefficient (Wildman–Crippen LogP) is 6.58. The third-order valence-corrected chi connectivity index (χ3v) is 5.86. The molecule has 0 aliphatic heterocycles. The van der Waals surface area contributed by atoms with Gasteiger partial charge < -0.3 is 15.6 Å². The second kappa shape index (κ2) is 12.5. The van der Waals surface area contributed by atoms with E-state index in [1.165, 1.54) is 0 Å². The van der Waals surface area contributed by atoms with Crippen LogP contribution in [0.4, 0.5) is 0 Å². The van der Waals surface area contributed by atoms with Gasteiger partial charge >= 0.3 is 0 Å². The molecule has 0 aliphatic carbocycles. The van der Waals surface area contributed by atoms with Crippen molar-refractivity contribution in [1.82, 2.24) is 0 Å². The lowest BCUT2D eigenvalue weighted by Crippen LogP contribution is -2.39. The molecule has 0 saturated carbocycles. The van der Waals surface area contributed by atoms with Crippen LogP contribution in [0.5, 0.6) is 5.75 Å².